The van der Waals surface area contributed by atoms with Crippen LogP contribution >= 0.6 is 0 Å². The third kappa shape index (κ3) is 4.27. The van der Waals surface area contributed by atoms with Crippen LogP contribution in [0.4, 0.5) is 4.39 Å². The molecule has 4 heteroatoms. The maximum absolute atomic E-state index is 13.1. The molecule has 1 saturated heterocycles. The Morgan fingerprint density at radius 3 is 2.86 bits per heavy atom. The van der Waals surface area contributed by atoms with E-state index in [1.165, 1.54) is 6.07 Å². The van der Waals surface area contributed by atoms with Crippen molar-refractivity contribution in [2.24, 2.45) is 0 Å². The summed E-state index contributed by atoms with van der Waals surface area (Å²) < 4.78 is 13.1. The third-order valence-electron chi connectivity index (χ3n) is 4.02. The predicted octanol–water partition coefficient (Wildman–Crippen LogP) is 2.67. The Labute approximate surface area is 126 Å². The molecule has 0 radical (unpaired) electrons. The van der Waals surface area contributed by atoms with E-state index < -0.39 is 0 Å². The zero-order valence-corrected chi connectivity index (χ0v) is 13.2. The van der Waals surface area contributed by atoms with E-state index in [0.29, 0.717) is 12.6 Å². The van der Waals surface area contributed by atoms with Crippen molar-refractivity contribution in [2.45, 2.75) is 52.1 Å². The molecule has 1 amide bonds. The van der Waals surface area contributed by atoms with Crippen molar-refractivity contribution in [1.82, 2.24) is 10.2 Å². The number of nitrogens with one attached hydrogen (secondary N) is 1. The molecule has 1 aliphatic rings. The highest BCUT2D eigenvalue weighted by atomic mass is 19.1. The van der Waals surface area contributed by atoms with Crippen LogP contribution in [0.1, 0.15) is 37.8 Å². The van der Waals surface area contributed by atoms with Crippen LogP contribution in [0.15, 0.2) is 18.2 Å². The lowest BCUT2D eigenvalue weighted by Gasteiger charge is -2.33. The lowest BCUT2D eigenvalue weighted by atomic mass is 10.0. The molecule has 0 saturated carbocycles. The predicted molar refractivity (Wildman–Crippen MR) is 82.7 cm³/mol. The number of carbonyl (C=O) groups is 1. The Balaban J connectivity index is 1.94. The average Bonchev–Trinajstić information content (AvgIpc) is 2.41. The fourth-order valence-electron chi connectivity index (χ4n) is 2.91. The molecule has 1 unspecified atom stereocenters. The largest absolute Gasteiger partial charge is 0.341 e. The molecule has 3 nitrogen and oxygen atoms in total. The first-order valence-corrected chi connectivity index (χ1v) is 7.77. The van der Waals surface area contributed by atoms with Crippen LogP contribution in [0, 0.1) is 12.7 Å². The van der Waals surface area contributed by atoms with Crippen LogP contribution < -0.4 is 5.32 Å². The second-order valence-corrected chi connectivity index (χ2v) is 6.16. The molecule has 1 aliphatic heterocycles. The fourth-order valence-corrected chi connectivity index (χ4v) is 2.91. The molecule has 0 aromatic heterocycles. The van der Waals surface area contributed by atoms with E-state index in [1.54, 1.807) is 6.07 Å². The van der Waals surface area contributed by atoms with Gasteiger partial charge in [0.15, 0.2) is 0 Å². The number of nitrogens with zero attached hydrogens (tertiary/aromatic N) is 1. The summed E-state index contributed by atoms with van der Waals surface area (Å²) in [5, 5.41) is 3.34. The van der Waals surface area contributed by atoms with Crippen LogP contribution in [0.2, 0.25) is 0 Å². The summed E-state index contributed by atoms with van der Waals surface area (Å²) in [6.07, 6.45) is 2.74. The van der Waals surface area contributed by atoms with Gasteiger partial charge in [-0.25, -0.2) is 4.39 Å². The monoisotopic (exact) mass is 292 g/mol. The lowest BCUT2D eigenvalue weighted by molar-refractivity contribution is -0.136. The molecule has 1 N–H and O–H groups in total. The number of halogens is 1. The quantitative estimate of drug-likeness (QED) is 0.905. The van der Waals surface area contributed by atoms with Gasteiger partial charge in [0.1, 0.15) is 5.82 Å². The molecule has 0 bridgehead atoms. The number of benzene rings is 1. The topological polar surface area (TPSA) is 32.3 Å². The van der Waals surface area contributed by atoms with E-state index in [2.05, 4.69) is 19.2 Å². The van der Waals surface area contributed by atoms with Crippen molar-refractivity contribution in [1.29, 1.82) is 0 Å². The molecular formula is C17H25FN2O. The Morgan fingerprint density at radius 1 is 1.43 bits per heavy atom. The van der Waals surface area contributed by atoms with Gasteiger partial charge in [-0.15, -0.1) is 0 Å². The van der Waals surface area contributed by atoms with Gasteiger partial charge >= 0.3 is 0 Å². The molecule has 1 atom stereocenters. The van der Waals surface area contributed by atoms with E-state index in [-0.39, 0.29) is 17.8 Å². The summed E-state index contributed by atoms with van der Waals surface area (Å²) in [7, 11) is 0. The van der Waals surface area contributed by atoms with Crippen LogP contribution in [0.3, 0.4) is 0 Å². The summed E-state index contributed by atoms with van der Waals surface area (Å²) in [6, 6.07) is 5.13. The molecule has 0 aliphatic carbocycles. The SMILES string of the molecule is Cc1cc(F)ccc1CCN1CCCC(NC(C)C)C1=O. The Morgan fingerprint density at radius 2 is 2.19 bits per heavy atom. The lowest BCUT2D eigenvalue weighted by Crippen LogP contribution is -2.52. The maximum Gasteiger partial charge on any atom is 0.239 e. The van der Waals surface area contributed by atoms with Crippen LogP contribution in [0.5, 0.6) is 0 Å². The highest BCUT2D eigenvalue weighted by molar-refractivity contribution is 5.82. The number of carbonyl (C=O) groups excluding carboxylic acids is 1. The van der Waals surface area contributed by atoms with Crippen molar-refractivity contribution in [3.8, 4) is 0 Å². The van der Waals surface area contributed by atoms with Gasteiger partial charge in [0.05, 0.1) is 6.04 Å². The van der Waals surface area contributed by atoms with Crippen LogP contribution in [-0.2, 0) is 11.2 Å². The van der Waals surface area contributed by atoms with Crippen molar-refractivity contribution < 1.29 is 9.18 Å². The minimum absolute atomic E-state index is 0.0481. The second-order valence-electron chi connectivity index (χ2n) is 6.16. The molecule has 116 valence electrons. The van der Waals surface area contributed by atoms with Gasteiger partial charge in [-0.1, -0.05) is 19.9 Å². The molecule has 1 aromatic rings. The number of hydrogen-bond donors (Lipinski definition) is 1. The zero-order chi connectivity index (χ0) is 15.4. The smallest absolute Gasteiger partial charge is 0.239 e. The van der Waals surface area contributed by atoms with Gasteiger partial charge in [-0.3, -0.25) is 4.79 Å². The second kappa shape index (κ2) is 7.03. The fraction of sp³-hybridized carbons (Fsp3) is 0.588. The van der Waals surface area contributed by atoms with Crippen LogP contribution in [-0.4, -0.2) is 36.0 Å². The minimum atomic E-state index is -0.202. The molecule has 1 aromatic carbocycles. The summed E-state index contributed by atoms with van der Waals surface area (Å²) >= 11 is 0. The number of rotatable bonds is 5. The zero-order valence-electron chi connectivity index (χ0n) is 13.2. The van der Waals surface area contributed by atoms with Crippen molar-refractivity contribution in [2.75, 3.05) is 13.1 Å². The van der Waals surface area contributed by atoms with E-state index in [9.17, 15) is 9.18 Å². The number of amides is 1. The highest BCUT2D eigenvalue weighted by Gasteiger charge is 2.28. The van der Waals surface area contributed by atoms with Crippen molar-refractivity contribution in [3.63, 3.8) is 0 Å². The Hall–Kier alpha value is -1.42. The highest BCUT2D eigenvalue weighted by Crippen LogP contribution is 2.15. The summed E-state index contributed by atoms with van der Waals surface area (Å²) in [4.78, 5) is 14.4. The standard InChI is InChI=1S/C17H25FN2O/c1-12(2)19-16-5-4-9-20(17(16)21)10-8-14-6-7-15(18)11-13(14)3/h6-7,11-12,16,19H,4-5,8-10H2,1-3H3. The van der Waals surface area contributed by atoms with E-state index in [4.69, 9.17) is 0 Å². The van der Waals surface area contributed by atoms with Crippen LogP contribution in [0.25, 0.3) is 0 Å². The Bertz CT molecular complexity index is 502. The van der Waals surface area contributed by atoms with E-state index in [1.807, 2.05) is 17.9 Å². The molecular weight excluding hydrogens is 267 g/mol. The number of piperidine rings is 1. The Kier molecular flexibility index (Phi) is 5.34. The summed E-state index contributed by atoms with van der Waals surface area (Å²) in [5.74, 6) is 0.00112. The van der Waals surface area contributed by atoms with Gasteiger partial charge in [-0.05, 0) is 49.4 Å². The maximum atomic E-state index is 13.1. The first-order chi connectivity index (χ1) is 9.97. The summed E-state index contributed by atoms with van der Waals surface area (Å²) in [5.41, 5.74) is 2.07. The van der Waals surface area contributed by atoms with Gasteiger partial charge in [-0.2, -0.15) is 0 Å². The first-order valence-electron chi connectivity index (χ1n) is 7.77. The average molecular weight is 292 g/mol. The van der Waals surface area contributed by atoms with Gasteiger partial charge in [0, 0.05) is 19.1 Å². The van der Waals surface area contributed by atoms with Crippen molar-refractivity contribution in [3.05, 3.63) is 35.1 Å². The summed E-state index contributed by atoms with van der Waals surface area (Å²) in [6.45, 7) is 7.58. The number of likely N-dealkylation sites (tertiary alicyclic amines) is 1. The molecule has 2 rings (SSSR count). The van der Waals surface area contributed by atoms with E-state index in [0.717, 1.165) is 36.9 Å². The number of hydrogen-bond acceptors (Lipinski definition) is 2. The molecule has 1 fully saturated rings. The molecule has 0 spiro atoms. The third-order valence-corrected chi connectivity index (χ3v) is 4.02. The molecule has 21 heavy (non-hydrogen) atoms. The van der Waals surface area contributed by atoms with E-state index >= 15 is 0 Å². The first kappa shape index (κ1) is 16.0. The van der Waals surface area contributed by atoms with Gasteiger partial charge in [0.25, 0.3) is 0 Å². The van der Waals surface area contributed by atoms with Crippen molar-refractivity contribution >= 4 is 5.91 Å². The minimum Gasteiger partial charge on any atom is -0.341 e. The normalized spacial score (nSPS) is 19.4. The number of aryl methyl sites for hydroxylation is 1. The van der Waals surface area contributed by atoms with Gasteiger partial charge in [0.2, 0.25) is 5.91 Å². The molecule has 1 heterocycles. The van der Waals surface area contributed by atoms with Gasteiger partial charge < -0.3 is 10.2 Å².